The number of carbonyl (C=O) groups excluding carboxylic acids is 4. The van der Waals surface area contributed by atoms with Crippen molar-refractivity contribution in [3.8, 4) is 46.0 Å². The number of hydrogen-bond donors (Lipinski definition) is 0. The Hall–Kier alpha value is -6.20. The first-order valence-electron chi connectivity index (χ1n) is 49.4. The largest absolute Gasteiger partial charge is 0.493 e. The molecular formula is C78H112N4O12. The van der Waals surface area contributed by atoms with Crippen molar-refractivity contribution in [1.82, 2.24) is 19.6 Å². The van der Waals surface area contributed by atoms with E-state index >= 15 is 0 Å². The molecule has 4 fully saturated rings. The Bertz CT molecular complexity index is 5030. The molecule has 0 amide bonds. The van der Waals surface area contributed by atoms with Gasteiger partial charge in [-0.3, -0.25) is 38.8 Å². The van der Waals surface area contributed by atoms with Crippen LogP contribution in [0.15, 0.2) is 48.3 Å². The Balaban J connectivity index is 0.000000197. The summed E-state index contributed by atoms with van der Waals surface area (Å²) >= 11 is 0. The lowest BCUT2D eigenvalue weighted by molar-refractivity contribution is -0.130. The predicted molar refractivity (Wildman–Crippen MR) is 370 cm³/mol. The van der Waals surface area contributed by atoms with Crippen molar-refractivity contribution >= 4 is 23.1 Å². The van der Waals surface area contributed by atoms with Gasteiger partial charge in [-0.05, 0) is 168 Å². The molecule has 0 radical (unpaired) electrons. The van der Waals surface area contributed by atoms with Gasteiger partial charge in [-0.15, -0.1) is 0 Å². The van der Waals surface area contributed by atoms with E-state index in [0.29, 0.717) is 48.6 Å². The molecule has 94 heavy (non-hydrogen) atoms. The first-order chi connectivity index (χ1) is 59.2. The summed E-state index contributed by atoms with van der Waals surface area (Å²) in [6, 6.07) is -5.44. The number of carbonyl (C=O) groups is 4. The maximum absolute atomic E-state index is 13.7. The van der Waals surface area contributed by atoms with Crippen molar-refractivity contribution in [3.63, 3.8) is 0 Å². The molecule has 10 atom stereocenters. The summed E-state index contributed by atoms with van der Waals surface area (Å²) in [7, 11) is 10.6. The number of nitrogens with zero attached hydrogens (tertiary/aromatic N) is 4. The molecule has 4 saturated heterocycles. The van der Waals surface area contributed by atoms with Crippen LogP contribution in [0.1, 0.15) is 237 Å². The normalized spacial score (nSPS) is 36.0. The van der Waals surface area contributed by atoms with Crippen LogP contribution in [0, 0.1) is 47.2 Å². The number of methoxy groups -OCH3 is 8. The van der Waals surface area contributed by atoms with Crippen molar-refractivity contribution in [1.29, 1.82) is 0 Å². The molecule has 0 bridgehead atoms. The number of piperidine rings is 4. The van der Waals surface area contributed by atoms with Gasteiger partial charge in [0.05, 0.1) is 67.8 Å². The number of benzene rings is 4. The molecule has 0 aliphatic carbocycles. The SMILES string of the molecule is [2H]c1c2c(c([2H])c(OC)c1OC)C1CC(=O)C(C([2H])([2H])C([2H])(C([2H])([2H])[2H])C([2H])([2H])C)C([2H])([2H])N1CC2.[2H]c1c2c(c([2H])c(OC)c1OC)C1CC(=O)C(CC(C)C)C([2H])([2H])N1CC2.[2H]c1c2c(c([2H])c(OC)c1OC)C1N(CC2)C([2H])([2H])C([2H])(CC(C)C)C(=O)C1([2H])[2H].[2H]c1c2c(c([2H])c(OC)c1OC)C1N(CC2)CC([2H])(C([2H])([2H])C([2H])(C([2H])([2H])[2H])C([2H])([2H])C)C(=O)C1([2H])[2H]. The Kier molecular flexibility index (Phi) is 13.2. The Morgan fingerprint density at radius 3 is 1.17 bits per heavy atom. The van der Waals surface area contributed by atoms with Crippen LogP contribution >= 0.6 is 0 Å². The number of rotatable bonds is 18. The summed E-state index contributed by atoms with van der Waals surface area (Å²) in [6.45, 7) is -5.93. The third-order valence-electron chi connectivity index (χ3n) is 17.1. The van der Waals surface area contributed by atoms with Gasteiger partial charge in [0.2, 0.25) is 0 Å². The van der Waals surface area contributed by atoms with Gasteiger partial charge in [-0.1, -0.05) is 68.0 Å². The molecule has 16 nitrogen and oxygen atoms in total. The summed E-state index contributed by atoms with van der Waals surface area (Å²) in [5.41, 5.74) is 2.28. The van der Waals surface area contributed by atoms with E-state index in [9.17, 15) is 19.2 Å². The van der Waals surface area contributed by atoms with E-state index in [1.807, 2.05) is 13.8 Å². The topological polar surface area (TPSA) is 155 Å². The molecule has 12 rings (SSSR count). The van der Waals surface area contributed by atoms with Crippen molar-refractivity contribution in [2.24, 2.45) is 47.2 Å². The molecule has 8 heterocycles. The highest BCUT2D eigenvalue weighted by Gasteiger charge is 2.43. The van der Waals surface area contributed by atoms with Gasteiger partial charge in [0.1, 0.15) is 23.1 Å². The van der Waals surface area contributed by atoms with Gasteiger partial charge >= 0.3 is 0 Å². The van der Waals surface area contributed by atoms with Crippen LogP contribution in [0.3, 0.4) is 0 Å². The second kappa shape index (κ2) is 32.7. The zero-order valence-corrected chi connectivity index (χ0v) is 56.0. The van der Waals surface area contributed by atoms with E-state index in [0.717, 1.165) is 11.8 Å². The van der Waals surface area contributed by atoms with Gasteiger partial charge < -0.3 is 37.9 Å². The average molecular weight is 1330 g/mol. The quantitative estimate of drug-likeness (QED) is 0.0926. The van der Waals surface area contributed by atoms with Crippen LogP contribution in [-0.4, -0.2) is 152 Å². The Labute approximate surface area is 612 Å². The molecule has 16 heteroatoms. The zero-order valence-electron chi connectivity index (χ0n) is 92.0. The van der Waals surface area contributed by atoms with E-state index in [2.05, 4.69) is 0 Å². The van der Waals surface area contributed by atoms with Crippen LogP contribution in [-0.2, 0) is 44.9 Å². The summed E-state index contributed by atoms with van der Waals surface area (Å²) < 4.78 is 345. The lowest BCUT2D eigenvalue weighted by Gasteiger charge is -2.43. The fraction of sp³-hybridized carbons (Fsp3) is 0.641. The minimum Gasteiger partial charge on any atom is -0.493 e. The lowest BCUT2D eigenvalue weighted by atomic mass is 9.79. The van der Waals surface area contributed by atoms with E-state index in [1.165, 1.54) is 66.7 Å². The monoisotopic (exact) mass is 1330 g/mol. The van der Waals surface area contributed by atoms with Crippen LogP contribution in [0.2, 0.25) is 0 Å². The predicted octanol–water partition coefficient (Wildman–Crippen LogP) is 13.7. The van der Waals surface area contributed by atoms with Gasteiger partial charge in [-0.25, -0.2) is 0 Å². The van der Waals surface area contributed by atoms with Crippen LogP contribution in [0.5, 0.6) is 46.0 Å². The summed E-state index contributed by atoms with van der Waals surface area (Å²) in [5, 5.41) is 0. The zero-order chi connectivity index (χ0) is 99.4. The Morgan fingerprint density at radius 2 is 0.787 bits per heavy atom. The number of ketones is 4. The molecule has 0 aromatic heterocycles. The number of hydrogen-bond acceptors (Lipinski definition) is 16. The van der Waals surface area contributed by atoms with Gasteiger partial charge in [0.15, 0.2) is 46.0 Å². The second-order valence-corrected chi connectivity index (χ2v) is 24.1. The molecule has 0 N–H and O–H groups in total. The van der Waals surface area contributed by atoms with E-state index < -0.39 is 161 Å². The van der Waals surface area contributed by atoms with E-state index in [4.69, 9.17) is 87.2 Å². The molecule has 4 aromatic carbocycles. The summed E-state index contributed by atoms with van der Waals surface area (Å²) in [5.74, 6) is -19.4. The highest BCUT2D eigenvalue weighted by atomic mass is 16.5. The number of fused-ring (bicyclic) bond motifs is 12. The first-order valence-corrected chi connectivity index (χ1v) is 31.4. The minimum absolute atomic E-state index is 0.0109. The lowest BCUT2D eigenvalue weighted by Crippen LogP contribution is -2.46. The molecular weight excluding hydrogens is 1180 g/mol. The fourth-order valence-corrected chi connectivity index (χ4v) is 12.5. The van der Waals surface area contributed by atoms with Crippen molar-refractivity contribution in [2.75, 3.05) is 109 Å². The van der Waals surface area contributed by atoms with Gasteiger partial charge in [0.25, 0.3) is 0 Å². The number of Topliss-reactive ketones (excluding diaryl/α,β-unsaturated/α-hetero) is 4. The molecule has 8 aliphatic heterocycles. The van der Waals surface area contributed by atoms with Gasteiger partial charge in [0, 0.05) is 164 Å². The maximum atomic E-state index is 13.7. The van der Waals surface area contributed by atoms with E-state index in [-0.39, 0.29) is 186 Å². The highest BCUT2D eigenvalue weighted by Crippen LogP contribution is 2.48. The first kappa shape index (κ1) is 38.1. The van der Waals surface area contributed by atoms with Crippen LogP contribution in [0.4, 0.5) is 0 Å². The van der Waals surface area contributed by atoms with Crippen molar-refractivity contribution < 1.29 is 106 Å². The molecule has 0 saturated carbocycles. The second-order valence-electron chi connectivity index (χ2n) is 24.1. The fourth-order valence-electron chi connectivity index (χ4n) is 12.5. The Morgan fingerprint density at radius 1 is 0.457 bits per heavy atom. The van der Waals surface area contributed by atoms with Crippen LogP contribution < -0.4 is 37.9 Å². The standard InChI is InChI=1S/2C20H29NO3.2C19H27NO3/c2*1-5-13(2)8-15-12-21-7-6-14-9-19(23-3)20(24-4)10-16(14)17(21)11-18(15)22;2*1-12(2)7-14-11-20-6-5-13-8-18(22-3)19(23-4)9-15(13)16(20)10-17(14)21/h2*9-10,13,15,17H,5-8,11-12H2,1-4H3;2*8-9,12,14,16H,5-7,10-11H2,1-4H3/i2D3,5D2,8D2,9D,10D,11D2,13D,15D;2D3,5D2,8D2,9D,10D,12D2,13D;8D,9D,10D2,11D2,14D;8D,9D,11D2. The molecule has 8 aliphatic rings. The average Bonchev–Trinajstić information content (AvgIpc) is 0.698. The summed E-state index contributed by atoms with van der Waals surface area (Å²) in [4.78, 5) is 58.5. The van der Waals surface area contributed by atoms with E-state index in [1.54, 1.807) is 18.7 Å². The third-order valence-corrected chi connectivity index (χ3v) is 17.1. The smallest absolute Gasteiger partial charge is 0.161 e. The molecule has 516 valence electrons. The third kappa shape index (κ3) is 16.4. The molecule has 10 unspecified atom stereocenters. The van der Waals surface area contributed by atoms with Crippen LogP contribution in [0.25, 0.3) is 0 Å². The van der Waals surface area contributed by atoms with Crippen molar-refractivity contribution in [2.45, 2.75) is 169 Å². The van der Waals surface area contributed by atoms with Gasteiger partial charge in [-0.2, -0.15) is 0 Å². The summed E-state index contributed by atoms with van der Waals surface area (Å²) in [6.07, 6.45) is -18.2. The molecule has 4 aromatic rings. The van der Waals surface area contributed by atoms with Crippen molar-refractivity contribution in [3.05, 3.63) is 92.8 Å². The maximum Gasteiger partial charge on any atom is 0.161 e. The molecule has 0 spiro atoms. The number of ether oxygens (including phenoxy) is 8. The minimum atomic E-state index is -3.69. The highest BCUT2D eigenvalue weighted by molar-refractivity contribution is 5.85.